The number of para-hydroxylation sites is 1. The lowest BCUT2D eigenvalue weighted by Gasteiger charge is -2.21. The molecule has 0 aliphatic rings. The molecule has 0 saturated carbocycles. The molecule has 92 valence electrons. The maximum atomic E-state index is 11.9. The summed E-state index contributed by atoms with van der Waals surface area (Å²) in [5.74, 6) is -0.177. The summed E-state index contributed by atoms with van der Waals surface area (Å²) in [6.07, 6.45) is -0.528. The highest BCUT2D eigenvalue weighted by Gasteiger charge is 2.16. The van der Waals surface area contributed by atoms with Crippen LogP contribution in [0.1, 0.15) is 0 Å². The highest BCUT2D eigenvalue weighted by atomic mass is 16.5. The van der Waals surface area contributed by atoms with E-state index < -0.39 is 6.09 Å². The Morgan fingerprint density at radius 1 is 1.18 bits per heavy atom. The third kappa shape index (κ3) is 3.48. The number of hydrogen-bond donors (Lipinski definition) is 0. The summed E-state index contributed by atoms with van der Waals surface area (Å²) in [5, 5.41) is 0. The molecule has 1 aromatic rings. The van der Waals surface area contributed by atoms with Crippen LogP contribution in [0.2, 0.25) is 0 Å². The molecule has 0 N–H and O–H groups in total. The molecule has 2 amide bonds. The Balaban J connectivity index is 2.62. The van der Waals surface area contributed by atoms with E-state index in [2.05, 4.69) is 4.74 Å². The number of nitrogens with zero attached hydrogens (tertiary/aromatic N) is 2. The molecule has 0 saturated heterocycles. The normalized spacial score (nSPS) is 9.59. The minimum absolute atomic E-state index is 0.0158. The first-order valence-electron chi connectivity index (χ1n) is 5.17. The van der Waals surface area contributed by atoms with Crippen LogP contribution in [-0.4, -0.2) is 44.7 Å². The van der Waals surface area contributed by atoms with Crippen molar-refractivity contribution >= 4 is 17.7 Å². The zero-order valence-corrected chi connectivity index (χ0v) is 10.2. The van der Waals surface area contributed by atoms with E-state index in [-0.39, 0.29) is 12.5 Å². The number of carbonyl (C=O) groups excluding carboxylic acids is 2. The summed E-state index contributed by atoms with van der Waals surface area (Å²) in [6.45, 7) is -0.0158. The zero-order chi connectivity index (χ0) is 12.8. The number of likely N-dealkylation sites (N-methyl/N-ethyl adjacent to an activating group) is 2. The number of carbonyl (C=O) groups is 2. The number of anilines is 1. The van der Waals surface area contributed by atoms with E-state index in [4.69, 9.17) is 0 Å². The van der Waals surface area contributed by atoms with Crippen LogP contribution in [0, 0.1) is 0 Å². The van der Waals surface area contributed by atoms with Gasteiger partial charge in [0.05, 0.1) is 7.11 Å². The van der Waals surface area contributed by atoms with Gasteiger partial charge in [0, 0.05) is 19.8 Å². The monoisotopic (exact) mass is 236 g/mol. The van der Waals surface area contributed by atoms with Gasteiger partial charge in [-0.15, -0.1) is 0 Å². The van der Waals surface area contributed by atoms with Gasteiger partial charge in [-0.1, -0.05) is 18.2 Å². The minimum Gasteiger partial charge on any atom is -0.453 e. The van der Waals surface area contributed by atoms with E-state index in [0.29, 0.717) is 0 Å². The van der Waals surface area contributed by atoms with Gasteiger partial charge in [0.15, 0.2) is 0 Å². The number of amides is 2. The molecule has 0 aromatic heterocycles. The molecular formula is C12H16N2O3. The van der Waals surface area contributed by atoms with Gasteiger partial charge in [-0.25, -0.2) is 4.79 Å². The first kappa shape index (κ1) is 13.0. The fourth-order valence-electron chi connectivity index (χ4n) is 1.32. The van der Waals surface area contributed by atoms with Gasteiger partial charge >= 0.3 is 6.09 Å². The molecule has 17 heavy (non-hydrogen) atoms. The molecule has 0 spiro atoms. The summed E-state index contributed by atoms with van der Waals surface area (Å²) in [5.41, 5.74) is 0.788. The van der Waals surface area contributed by atoms with Gasteiger partial charge in [-0.05, 0) is 12.1 Å². The lowest BCUT2D eigenvalue weighted by atomic mass is 10.3. The Labute approximate surface area is 101 Å². The standard InChI is InChI=1S/C12H16N2O3/c1-13(12(16)17-3)9-11(15)14(2)10-7-5-4-6-8-10/h4-8H,9H2,1-3H3. The minimum atomic E-state index is -0.528. The molecule has 0 fully saturated rings. The van der Waals surface area contributed by atoms with Gasteiger partial charge in [0.25, 0.3) is 0 Å². The Bertz CT molecular complexity index is 392. The molecule has 0 heterocycles. The van der Waals surface area contributed by atoms with Crippen LogP contribution < -0.4 is 4.90 Å². The van der Waals surface area contributed by atoms with Crippen molar-refractivity contribution in [1.29, 1.82) is 0 Å². The maximum Gasteiger partial charge on any atom is 0.409 e. The molecule has 1 rings (SSSR count). The summed E-state index contributed by atoms with van der Waals surface area (Å²) in [6, 6.07) is 9.24. The summed E-state index contributed by atoms with van der Waals surface area (Å²) in [4.78, 5) is 25.7. The highest BCUT2D eigenvalue weighted by molar-refractivity contribution is 5.95. The van der Waals surface area contributed by atoms with Crippen LogP contribution in [-0.2, 0) is 9.53 Å². The van der Waals surface area contributed by atoms with Crippen molar-refractivity contribution in [2.45, 2.75) is 0 Å². The molecular weight excluding hydrogens is 220 g/mol. The molecule has 0 atom stereocenters. The van der Waals surface area contributed by atoms with Gasteiger partial charge < -0.3 is 14.5 Å². The summed E-state index contributed by atoms with van der Waals surface area (Å²) in [7, 11) is 4.47. The number of benzene rings is 1. The number of hydrogen-bond acceptors (Lipinski definition) is 3. The predicted molar refractivity (Wildman–Crippen MR) is 64.9 cm³/mol. The van der Waals surface area contributed by atoms with E-state index in [1.54, 1.807) is 7.05 Å². The van der Waals surface area contributed by atoms with E-state index in [1.165, 1.54) is 24.0 Å². The van der Waals surface area contributed by atoms with Gasteiger partial charge in [-0.3, -0.25) is 4.79 Å². The van der Waals surface area contributed by atoms with E-state index in [9.17, 15) is 9.59 Å². The van der Waals surface area contributed by atoms with Gasteiger partial charge in [0.1, 0.15) is 6.54 Å². The van der Waals surface area contributed by atoms with Crippen LogP contribution in [0.5, 0.6) is 0 Å². The van der Waals surface area contributed by atoms with E-state index >= 15 is 0 Å². The quantitative estimate of drug-likeness (QED) is 0.796. The van der Waals surface area contributed by atoms with Crippen LogP contribution in [0.15, 0.2) is 30.3 Å². The lowest BCUT2D eigenvalue weighted by Crippen LogP contribution is -2.39. The molecule has 5 nitrogen and oxygen atoms in total. The first-order chi connectivity index (χ1) is 8.06. The second-order valence-corrected chi connectivity index (χ2v) is 3.61. The number of methoxy groups -OCH3 is 1. The van der Waals surface area contributed by atoms with Crippen molar-refractivity contribution in [2.24, 2.45) is 0 Å². The number of ether oxygens (including phenoxy) is 1. The SMILES string of the molecule is COC(=O)N(C)CC(=O)N(C)c1ccccc1. The van der Waals surface area contributed by atoms with Gasteiger partial charge in [-0.2, -0.15) is 0 Å². The second kappa shape index (κ2) is 5.89. The topological polar surface area (TPSA) is 49.9 Å². The second-order valence-electron chi connectivity index (χ2n) is 3.61. The Morgan fingerprint density at radius 3 is 2.29 bits per heavy atom. The molecule has 0 aliphatic heterocycles. The predicted octanol–water partition coefficient (Wildman–Crippen LogP) is 1.35. The van der Waals surface area contributed by atoms with Crippen LogP contribution in [0.4, 0.5) is 10.5 Å². The smallest absolute Gasteiger partial charge is 0.409 e. The maximum absolute atomic E-state index is 11.9. The molecule has 0 radical (unpaired) electrons. The molecule has 0 unspecified atom stereocenters. The van der Waals surface area contributed by atoms with E-state index in [1.807, 2.05) is 30.3 Å². The van der Waals surface area contributed by atoms with Crippen molar-refractivity contribution < 1.29 is 14.3 Å². The summed E-state index contributed by atoms with van der Waals surface area (Å²) >= 11 is 0. The van der Waals surface area contributed by atoms with Crippen LogP contribution in [0.25, 0.3) is 0 Å². The molecule has 5 heteroatoms. The Kier molecular flexibility index (Phi) is 4.51. The Hall–Kier alpha value is -2.04. The third-order valence-electron chi connectivity index (χ3n) is 2.38. The zero-order valence-electron chi connectivity index (χ0n) is 10.2. The van der Waals surface area contributed by atoms with Crippen molar-refractivity contribution in [3.8, 4) is 0 Å². The summed E-state index contributed by atoms with van der Waals surface area (Å²) < 4.78 is 4.51. The average Bonchev–Trinajstić information content (AvgIpc) is 2.37. The van der Waals surface area contributed by atoms with Crippen molar-refractivity contribution in [1.82, 2.24) is 4.90 Å². The van der Waals surface area contributed by atoms with Crippen LogP contribution >= 0.6 is 0 Å². The Morgan fingerprint density at radius 2 is 1.76 bits per heavy atom. The van der Waals surface area contributed by atoms with E-state index in [0.717, 1.165) is 5.69 Å². The average molecular weight is 236 g/mol. The highest BCUT2D eigenvalue weighted by Crippen LogP contribution is 2.11. The number of rotatable bonds is 3. The molecule has 0 aliphatic carbocycles. The van der Waals surface area contributed by atoms with Crippen LogP contribution in [0.3, 0.4) is 0 Å². The van der Waals surface area contributed by atoms with Crippen molar-refractivity contribution in [2.75, 3.05) is 32.6 Å². The first-order valence-corrected chi connectivity index (χ1v) is 5.17. The third-order valence-corrected chi connectivity index (χ3v) is 2.38. The van der Waals surface area contributed by atoms with Crippen molar-refractivity contribution in [3.05, 3.63) is 30.3 Å². The largest absolute Gasteiger partial charge is 0.453 e. The fourth-order valence-corrected chi connectivity index (χ4v) is 1.32. The van der Waals surface area contributed by atoms with Crippen molar-refractivity contribution in [3.63, 3.8) is 0 Å². The lowest BCUT2D eigenvalue weighted by molar-refractivity contribution is -0.118. The molecule has 1 aromatic carbocycles. The van der Waals surface area contributed by atoms with Gasteiger partial charge in [0.2, 0.25) is 5.91 Å². The fraction of sp³-hybridized carbons (Fsp3) is 0.333. The molecule has 0 bridgehead atoms.